The van der Waals surface area contributed by atoms with Gasteiger partial charge in [0.25, 0.3) is 17.7 Å². The van der Waals surface area contributed by atoms with Crippen molar-refractivity contribution in [2.75, 3.05) is 31.1 Å². The van der Waals surface area contributed by atoms with Crippen molar-refractivity contribution in [1.29, 1.82) is 5.26 Å². The predicted molar refractivity (Wildman–Crippen MR) is 209 cm³/mol. The molecule has 12 nitrogen and oxygen atoms in total. The van der Waals surface area contributed by atoms with Crippen LogP contribution in [0.1, 0.15) is 93.9 Å². The standard InChI is InChI=1S/C45H41F3N6O6/c1-43(2)41(44(3,4)42(43)60-30-10-8-26(18-49)34(17-30)45(46,47)48)53-21-27-15-24(7-11-31(27)38(53)57)5-6-25-19-51(20-25)29-22-52(23-29)28-9-12-32-33(16-28)40(59)54(39(32)58)35-13-14-36(55)50-37(35)56/h7-12,15-17,25,29,35,41-42H,13-14,19-23H2,1-4H3,(H,50,55,56). The second-order valence-electron chi connectivity index (χ2n) is 17.8. The van der Waals surface area contributed by atoms with Crippen molar-refractivity contribution in [3.63, 3.8) is 0 Å². The van der Waals surface area contributed by atoms with Crippen LogP contribution in [-0.2, 0) is 22.3 Å². The van der Waals surface area contributed by atoms with E-state index in [4.69, 9.17) is 4.74 Å². The van der Waals surface area contributed by atoms with Crippen LogP contribution in [0.3, 0.4) is 0 Å². The van der Waals surface area contributed by atoms with E-state index in [1.54, 1.807) is 18.2 Å². The lowest BCUT2D eigenvalue weighted by molar-refractivity contribution is -0.199. The van der Waals surface area contributed by atoms with E-state index in [1.807, 2.05) is 56.9 Å². The van der Waals surface area contributed by atoms with E-state index >= 15 is 0 Å². The fourth-order valence-electron chi connectivity index (χ4n) is 10.5. The van der Waals surface area contributed by atoms with Crippen LogP contribution >= 0.6 is 0 Å². The monoisotopic (exact) mass is 818 g/mol. The maximum absolute atomic E-state index is 13.8. The zero-order chi connectivity index (χ0) is 42.6. The van der Waals surface area contributed by atoms with Gasteiger partial charge in [-0.3, -0.25) is 39.1 Å². The molecule has 0 radical (unpaired) electrons. The molecule has 4 fully saturated rings. The number of fused-ring (bicyclic) bond motifs is 2. The molecule has 3 saturated heterocycles. The minimum atomic E-state index is -4.71. The number of benzene rings is 3. The minimum absolute atomic E-state index is 0.0191. The number of rotatable bonds is 6. The van der Waals surface area contributed by atoms with E-state index < -0.39 is 63.9 Å². The number of piperidine rings is 1. The number of likely N-dealkylation sites (tertiary alicyclic amines) is 1. The minimum Gasteiger partial charge on any atom is -0.489 e. The number of carbonyl (C=O) groups excluding carboxylic acids is 5. The molecule has 5 heterocycles. The van der Waals surface area contributed by atoms with Crippen molar-refractivity contribution < 1.29 is 41.9 Å². The van der Waals surface area contributed by atoms with Crippen LogP contribution in [0.2, 0.25) is 0 Å². The third-order valence-electron chi connectivity index (χ3n) is 13.2. The summed E-state index contributed by atoms with van der Waals surface area (Å²) in [5.41, 5.74) is 0.899. The van der Waals surface area contributed by atoms with Gasteiger partial charge in [-0.25, -0.2) is 0 Å². The van der Waals surface area contributed by atoms with Crippen molar-refractivity contribution in [2.45, 2.75) is 77.5 Å². The molecule has 1 N–H and O–H groups in total. The fraction of sp³-hybridized carbons (Fsp3) is 0.422. The van der Waals surface area contributed by atoms with Crippen molar-refractivity contribution in [2.24, 2.45) is 16.7 Å². The fourth-order valence-corrected chi connectivity index (χ4v) is 10.5. The first-order valence-electron chi connectivity index (χ1n) is 19.9. The van der Waals surface area contributed by atoms with Gasteiger partial charge in [0.2, 0.25) is 11.8 Å². The molecule has 15 heteroatoms. The highest BCUT2D eigenvalue weighted by Crippen LogP contribution is 2.59. The normalized spacial score (nSPS) is 24.7. The van der Waals surface area contributed by atoms with Crippen molar-refractivity contribution in [1.82, 2.24) is 20.0 Å². The number of amides is 5. The van der Waals surface area contributed by atoms with Crippen LogP contribution in [0.25, 0.3) is 0 Å². The number of imide groups is 2. The van der Waals surface area contributed by atoms with Gasteiger partial charge in [-0.15, -0.1) is 0 Å². The molecule has 5 amide bonds. The number of halogens is 3. The maximum atomic E-state index is 13.8. The molecule has 0 bridgehead atoms. The van der Waals surface area contributed by atoms with Crippen molar-refractivity contribution >= 4 is 35.2 Å². The molecule has 308 valence electrons. The number of alkyl halides is 3. The molecule has 5 aliphatic heterocycles. The van der Waals surface area contributed by atoms with E-state index in [9.17, 15) is 42.4 Å². The number of hydrogen-bond donors (Lipinski definition) is 1. The Morgan fingerprint density at radius 1 is 0.833 bits per heavy atom. The third kappa shape index (κ3) is 6.21. The lowest BCUT2D eigenvalue weighted by Crippen LogP contribution is -2.74. The van der Waals surface area contributed by atoms with Gasteiger partial charge in [0.15, 0.2) is 0 Å². The van der Waals surface area contributed by atoms with Crippen LogP contribution in [0.5, 0.6) is 5.75 Å². The molecular weight excluding hydrogens is 778 g/mol. The first-order chi connectivity index (χ1) is 28.4. The first-order valence-corrected chi connectivity index (χ1v) is 19.9. The molecule has 60 heavy (non-hydrogen) atoms. The van der Waals surface area contributed by atoms with Crippen LogP contribution in [0, 0.1) is 39.9 Å². The number of nitrogens with one attached hydrogen (secondary N) is 1. The molecule has 3 aromatic rings. The second kappa shape index (κ2) is 13.7. The highest BCUT2D eigenvalue weighted by atomic mass is 19.4. The zero-order valence-electron chi connectivity index (χ0n) is 33.4. The van der Waals surface area contributed by atoms with Gasteiger partial charge in [0.1, 0.15) is 17.9 Å². The summed E-state index contributed by atoms with van der Waals surface area (Å²) in [7, 11) is 0. The van der Waals surface area contributed by atoms with E-state index in [0.717, 1.165) is 60.0 Å². The summed E-state index contributed by atoms with van der Waals surface area (Å²) in [5.74, 6) is 4.69. The summed E-state index contributed by atoms with van der Waals surface area (Å²) in [6, 6.07) is 14.8. The molecule has 3 aromatic carbocycles. The predicted octanol–water partition coefficient (Wildman–Crippen LogP) is 4.99. The molecule has 1 saturated carbocycles. The zero-order valence-corrected chi connectivity index (χ0v) is 33.4. The summed E-state index contributed by atoms with van der Waals surface area (Å²) < 4.78 is 47.2. The molecule has 0 aromatic heterocycles. The van der Waals surface area contributed by atoms with Gasteiger partial charge < -0.3 is 14.5 Å². The number of carbonyl (C=O) groups is 5. The van der Waals surface area contributed by atoms with E-state index in [1.165, 1.54) is 6.07 Å². The number of hydrogen-bond acceptors (Lipinski definition) is 9. The lowest BCUT2D eigenvalue weighted by atomic mass is 9.49. The molecule has 1 aliphatic carbocycles. The van der Waals surface area contributed by atoms with Gasteiger partial charge in [-0.05, 0) is 66.6 Å². The Hall–Kier alpha value is -6.19. The molecule has 9 rings (SSSR count). The Morgan fingerprint density at radius 3 is 2.22 bits per heavy atom. The smallest absolute Gasteiger partial charge is 0.417 e. The Labute approximate surface area is 344 Å². The van der Waals surface area contributed by atoms with Gasteiger partial charge >= 0.3 is 6.18 Å². The summed E-state index contributed by atoms with van der Waals surface area (Å²) >= 11 is 0. The van der Waals surface area contributed by atoms with Crippen LogP contribution in [0.15, 0.2) is 54.6 Å². The largest absolute Gasteiger partial charge is 0.489 e. The maximum Gasteiger partial charge on any atom is 0.417 e. The molecule has 0 spiro atoms. The first kappa shape index (κ1) is 39.3. The van der Waals surface area contributed by atoms with Gasteiger partial charge in [0, 0.05) is 84.8 Å². The SMILES string of the molecule is CC1(C)C(Oc2ccc(C#N)c(C(F)(F)F)c2)C(C)(C)C1N1Cc2cc(C#CC3CN(C4CN(c5ccc6c(c5)C(=O)N(C5CCC(=O)NC5=O)C6=O)C4)C3)ccc2C1=O. The summed E-state index contributed by atoms with van der Waals surface area (Å²) in [6.45, 7) is 11.3. The number of nitriles is 1. The van der Waals surface area contributed by atoms with Crippen molar-refractivity contribution in [3.8, 4) is 23.7 Å². The molecular formula is C45H41F3N6O6. The lowest BCUT2D eigenvalue weighted by Gasteiger charge is -2.65. The summed E-state index contributed by atoms with van der Waals surface area (Å²) in [4.78, 5) is 71.5. The van der Waals surface area contributed by atoms with Gasteiger partial charge in [-0.1, -0.05) is 39.5 Å². The highest BCUT2D eigenvalue weighted by Gasteiger charge is 2.67. The average molecular weight is 819 g/mol. The van der Waals surface area contributed by atoms with Gasteiger partial charge in [-0.2, -0.15) is 18.4 Å². The van der Waals surface area contributed by atoms with Gasteiger partial charge in [0.05, 0.1) is 28.3 Å². The Kier molecular flexibility index (Phi) is 8.95. The van der Waals surface area contributed by atoms with E-state index in [0.29, 0.717) is 18.2 Å². The summed E-state index contributed by atoms with van der Waals surface area (Å²) in [6.07, 6.45) is -5.05. The van der Waals surface area contributed by atoms with Crippen LogP contribution < -0.4 is 15.0 Å². The Morgan fingerprint density at radius 2 is 1.53 bits per heavy atom. The number of nitrogens with zero attached hydrogens (tertiary/aromatic N) is 5. The second-order valence-corrected chi connectivity index (χ2v) is 17.8. The summed E-state index contributed by atoms with van der Waals surface area (Å²) in [5, 5.41) is 11.4. The average Bonchev–Trinajstić information content (AvgIpc) is 3.59. The quantitative estimate of drug-likeness (QED) is 0.269. The van der Waals surface area contributed by atoms with E-state index in [-0.39, 0.29) is 47.6 Å². The topological polar surface area (TPSA) is 143 Å². The third-order valence-corrected chi connectivity index (χ3v) is 13.2. The number of ether oxygens (including phenoxy) is 1. The Bertz CT molecular complexity index is 2510. The molecule has 6 aliphatic rings. The highest BCUT2D eigenvalue weighted by molar-refractivity contribution is 6.23. The molecule has 1 unspecified atom stereocenters. The van der Waals surface area contributed by atoms with Crippen LogP contribution in [-0.4, -0.2) is 94.6 Å². The van der Waals surface area contributed by atoms with Crippen LogP contribution in [0.4, 0.5) is 18.9 Å². The molecule has 1 atom stereocenters. The van der Waals surface area contributed by atoms with Crippen molar-refractivity contribution in [3.05, 3.63) is 93.5 Å². The Balaban J connectivity index is 0.788. The van der Waals surface area contributed by atoms with E-state index in [2.05, 4.69) is 27.0 Å². The number of anilines is 1.